The van der Waals surface area contributed by atoms with Crippen LogP contribution in [0, 0.1) is 5.92 Å². The van der Waals surface area contributed by atoms with Crippen LogP contribution in [0.1, 0.15) is 69.6 Å². The van der Waals surface area contributed by atoms with Gasteiger partial charge in [-0.25, -0.2) is 14.5 Å². The number of carboxylic acids is 1. The number of halogens is 3. The summed E-state index contributed by atoms with van der Waals surface area (Å²) in [6, 6.07) is 9.09. The van der Waals surface area contributed by atoms with Crippen LogP contribution in [0.25, 0.3) is 0 Å². The lowest BCUT2D eigenvalue weighted by molar-refractivity contribution is -0.140. The molecule has 1 aliphatic rings. The first-order chi connectivity index (χ1) is 21.8. The number of nitrogens with one attached hydrogen (secondary N) is 1. The number of ether oxygens (including phenoxy) is 1. The van der Waals surface area contributed by atoms with Gasteiger partial charge in [-0.2, -0.15) is 13.2 Å². The van der Waals surface area contributed by atoms with E-state index in [0.29, 0.717) is 5.69 Å². The molecule has 10 nitrogen and oxygen atoms in total. The van der Waals surface area contributed by atoms with Gasteiger partial charge in [-0.15, -0.1) is 0 Å². The molecule has 0 spiro atoms. The minimum atomic E-state index is -4.60. The molecule has 2 N–H and O–H groups in total. The first-order valence-corrected chi connectivity index (χ1v) is 15.4. The van der Waals surface area contributed by atoms with E-state index in [-0.39, 0.29) is 48.9 Å². The molecule has 3 amide bonds. The van der Waals surface area contributed by atoms with Crippen LogP contribution in [-0.2, 0) is 25.3 Å². The zero-order valence-electron chi connectivity index (χ0n) is 26.3. The van der Waals surface area contributed by atoms with Crippen molar-refractivity contribution in [1.29, 1.82) is 0 Å². The third-order valence-electron chi connectivity index (χ3n) is 7.58. The summed E-state index contributed by atoms with van der Waals surface area (Å²) < 4.78 is 44.9. The van der Waals surface area contributed by atoms with Gasteiger partial charge in [-0.3, -0.25) is 19.5 Å². The molecule has 0 aliphatic carbocycles. The summed E-state index contributed by atoms with van der Waals surface area (Å²) in [4.78, 5) is 57.8. The fraction of sp³-hybridized carbons (Fsp3) is 0.485. The Morgan fingerprint density at radius 1 is 1.04 bits per heavy atom. The van der Waals surface area contributed by atoms with Gasteiger partial charge in [0.25, 0.3) is 0 Å². The second kappa shape index (κ2) is 16.9. The molecule has 0 bridgehead atoms. The number of rotatable bonds is 16. The maximum atomic E-state index is 13.4. The summed E-state index contributed by atoms with van der Waals surface area (Å²) in [5.74, 6) is -3.23. The lowest BCUT2D eigenvalue weighted by atomic mass is 9.95. The van der Waals surface area contributed by atoms with Crippen LogP contribution in [0.4, 0.5) is 23.7 Å². The molecule has 2 aromatic rings. The maximum Gasteiger partial charge on any atom is 0.416 e. The van der Waals surface area contributed by atoms with E-state index in [0.717, 1.165) is 55.8 Å². The van der Waals surface area contributed by atoms with E-state index in [9.17, 15) is 37.5 Å². The second-order valence-corrected chi connectivity index (χ2v) is 11.3. The van der Waals surface area contributed by atoms with Crippen LogP contribution in [-0.4, -0.2) is 83.3 Å². The highest BCUT2D eigenvalue weighted by molar-refractivity contribution is 6.17. The summed E-state index contributed by atoms with van der Waals surface area (Å²) >= 11 is 0. The van der Waals surface area contributed by atoms with Crippen LogP contribution in [0.15, 0.2) is 53.5 Å². The molecule has 1 saturated heterocycles. The van der Waals surface area contributed by atoms with Crippen LogP contribution in [0.5, 0.6) is 0 Å². The predicted octanol–water partition coefficient (Wildman–Crippen LogP) is 5.84. The summed E-state index contributed by atoms with van der Waals surface area (Å²) in [6.45, 7) is 7.32. The Bertz CT molecular complexity index is 1390. The van der Waals surface area contributed by atoms with Crippen molar-refractivity contribution in [2.45, 2.75) is 65.1 Å². The van der Waals surface area contributed by atoms with Gasteiger partial charge in [-0.05, 0) is 50.0 Å². The number of nitrogens with zero attached hydrogens (tertiary/aromatic N) is 3. The number of amides is 3. The van der Waals surface area contributed by atoms with E-state index in [4.69, 9.17) is 4.74 Å². The summed E-state index contributed by atoms with van der Waals surface area (Å²) in [5.41, 5.74) is -0.120. The number of benzene rings is 2. The number of alkyl halides is 3. The molecule has 1 fully saturated rings. The Hall–Kier alpha value is -4.26. The minimum Gasteiger partial charge on any atom is -0.480 e. The smallest absolute Gasteiger partial charge is 0.416 e. The molecule has 1 heterocycles. The second-order valence-electron chi connectivity index (χ2n) is 11.3. The van der Waals surface area contributed by atoms with E-state index >= 15 is 0 Å². The van der Waals surface area contributed by atoms with Crippen molar-refractivity contribution in [3.8, 4) is 0 Å². The van der Waals surface area contributed by atoms with E-state index in [2.05, 4.69) is 29.1 Å². The van der Waals surface area contributed by atoms with E-state index < -0.39 is 41.7 Å². The van der Waals surface area contributed by atoms with Gasteiger partial charge in [0.05, 0.1) is 30.1 Å². The van der Waals surface area contributed by atoms with Gasteiger partial charge in [0.15, 0.2) is 6.04 Å². The number of imide groups is 1. The minimum absolute atomic E-state index is 0.0192. The van der Waals surface area contributed by atoms with Gasteiger partial charge < -0.3 is 15.2 Å². The number of aliphatic carboxylic acids is 1. The van der Waals surface area contributed by atoms with Crippen LogP contribution in [0.3, 0.4) is 0 Å². The van der Waals surface area contributed by atoms with Gasteiger partial charge in [-0.1, -0.05) is 63.9 Å². The zero-order chi connectivity index (χ0) is 33.9. The molecule has 2 aromatic carbocycles. The molecular formula is C33H41F3N4O6. The lowest BCUT2D eigenvalue weighted by Crippen LogP contribution is -2.36. The Morgan fingerprint density at radius 2 is 1.67 bits per heavy atom. The monoisotopic (exact) mass is 646 g/mol. The molecule has 0 radical (unpaired) electrons. The molecule has 46 heavy (non-hydrogen) atoms. The van der Waals surface area contributed by atoms with Crippen LogP contribution in [0.2, 0.25) is 0 Å². The number of carbonyl (C=O) groups is 4. The molecule has 0 saturated carbocycles. The Balaban J connectivity index is 2.02. The molecule has 250 valence electrons. The molecule has 2 atom stereocenters. The SMILES string of the molecule is CCCCN(CCCC)CC(=O)Nc1ccccc1C(=N[C@@H](C(=O)O)[C@H](C)CC(=O)N1CCOC1=O)c1ccc(C(F)(F)F)cc1. The largest absolute Gasteiger partial charge is 0.480 e. The van der Waals surface area contributed by atoms with Gasteiger partial charge in [0, 0.05) is 17.5 Å². The molecule has 0 unspecified atom stereocenters. The highest BCUT2D eigenvalue weighted by atomic mass is 19.4. The standard InChI is InChI=1S/C33H41F3N4O6/c1-4-6-16-39(17-7-5-2)21-27(41)37-26-11-9-8-10-25(26)30(23-12-14-24(15-13-23)33(34,35)36)38-29(31(43)44)22(3)20-28(42)40-18-19-46-32(40)45/h8-15,22,29H,4-7,16-21H2,1-3H3,(H,37,41)(H,43,44)/t22-,29-/m1/s1. The Morgan fingerprint density at radius 3 is 2.22 bits per heavy atom. The molecule has 13 heteroatoms. The molecular weight excluding hydrogens is 605 g/mol. The number of para-hydroxylation sites is 1. The Labute approximate surface area is 266 Å². The highest BCUT2D eigenvalue weighted by Gasteiger charge is 2.34. The average Bonchev–Trinajstić information content (AvgIpc) is 3.44. The van der Waals surface area contributed by atoms with Crippen molar-refractivity contribution in [1.82, 2.24) is 9.80 Å². The first-order valence-electron chi connectivity index (χ1n) is 15.4. The van der Waals surface area contributed by atoms with E-state index in [1.165, 1.54) is 19.1 Å². The van der Waals surface area contributed by atoms with Crippen molar-refractivity contribution in [3.05, 3.63) is 65.2 Å². The van der Waals surface area contributed by atoms with Crippen molar-refractivity contribution in [2.75, 3.05) is 38.1 Å². The number of hydrogen-bond acceptors (Lipinski definition) is 7. The number of hydrogen-bond donors (Lipinski definition) is 2. The third-order valence-corrected chi connectivity index (χ3v) is 7.58. The Kier molecular flexibility index (Phi) is 13.3. The van der Waals surface area contributed by atoms with Crippen molar-refractivity contribution < 1.29 is 42.2 Å². The molecule has 1 aliphatic heterocycles. The summed E-state index contributed by atoms with van der Waals surface area (Å²) in [6.07, 6.45) is -1.97. The zero-order valence-corrected chi connectivity index (χ0v) is 26.3. The number of carbonyl (C=O) groups excluding carboxylic acids is 3. The number of anilines is 1. The topological polar surface area (TPSA) is 129 Å². The number of aliphatic imine (C=N–C) groups is 1. The fourth-order valence-corrected chi connectivity index (χ4v) is 5.02. The number of cyclic esters (lactones) is 1. The molecule has 0 aromatic heterocycles. The molecule has 3 rings (SSSR count). The van der Waals surface area contributed by atoms with E-state index in [1.54, 1.807) is 24.3 Å². The summed E-state index contributed by atoms with van der Waals surface area (Å²) in [7, 11) is 0. The quantitative estimate of drug-likeness (QED) is 0.219. The normalized spacial score (nSPS) is 15.1. The highest BCUT2D eigenvalue weighted by Crippen LogP contribution is 2.30. The van der Waals surface area contributed by atoms with Crippen molar-refractivity contribution >= 4 is 35.3 Å². The lowest BCUT2D eigenvalue weighted by Gasteiger charge is -2.23. The number of unbranched alkanes of at least 4 members (excludes halogenated alkanes) is 2. The number of carboxylic acid groups (broad SMARTS) is 1. The maximum absolute atomic E-state index is 13.4. The fourth-order valence-electron chi connectivity index (χ4n) is 5.02. The van der Waals surface area contributed by atoms with Gasteiger partial charge >= 0.3 is 18.2 Å². The third kappa shape index (κ3) is 10.1. The first kappa shape index (κ1) is 36.2. The van der Waals surface area contributed by atoms with Gasteiger partial charge in [0.2, 0.25) is 11.8 Å². The summed E-state index contributed by atoms with van der Waals surface area (Å²) in [5, 5.41) is 13.1. The van der Waals surface area contributed by atoms with Crippen molar-refractivity contribution in [2.24, 2.45) is 10.9 Å². The van der Waals surface area contributed by atoms with Crippen molar-refractivity contribution in [3.63, 3.8) is 0 Å². The predicted molar refractivity (Wildman–Crippen MR) is 167 cm³/mol. The van der Waals surface area contributed by atoms with Crippen LogP contribution < -0.4 is 5.32 Å². The average molecular weight is 647 g/mol. The van der Waals surface area contributed by atoms with Crippen LogP contribution >= 0.6 is 0 Å². The van der Waals surface area contributed by atoms with Gasteiger partial charge in [0.1, 0.15) is 6.61 Å². The van der Waals surface area contributed by atoms with E-state index in [1.807, 2.05) is 0 Å².